The summed E-state index contributed by atoms with van der Waals surface area (Å²) < 4.78 is 38.1. The molecule has 0 saturated carbocycles. The fourth-order valence-corrected chi connectivity index (χ4v) is 2.33. The van der Waals surface area contributed by atoms with Crippen molar-refractivity contribution in [2.24, 2.45) is 0 Å². The van der Waals surface area contributed by atoms with Gasteiger partial charge in [0.25, 0.3) is 0 Å². The molecule has 8 heteroatoms. The lowest BCUT2D eigenvalue weighted by molar-refractivity contribution is -0.137. The van der Waals surface area contributed by atoms with Crippen molar-refractivity contribution in [2.75, 3.05) is 10.6 Å². The first kappa shape index (κ1) is 18.8. The molecule has 0 radical (unpaired) electrons. The smallest absolute Gasteiger partial charge is 0.325 e. The van der Waals surface area contributed by atoms with E-state index in [-0.39, 0.29) is 23.6 Å². The van der Waals surface area contributed by atoms with Crippen molar-refractivity contribution in [2.45, 2.75) is 19.5 Å². The Bertz CT molecular complexity index is 807. The van der Waals surface area contributed by atoms with Crippen LogP contribution in [0.4, 0.5) is 24.5 Å². The minimum atomic E-state index is -4.47. The molecule has 0 aliphatic heterocycles. The van der Waals surface area contributed by atoms with Gasteiger partial charge < -0.3 is 10.6 Å². The molecule has 0 aliphatic rings. The predicted molar refractivity (Wildman–Crippen MR) is 89.5 cm³/mol. The number of alkyl halides is 3. The number of anilines is 2. The molecule has 0 aromatic heterocycles. The van der Waals surface area contributed by atoms with Gasteiger partial charge in [-0.15, -0.1) is 0 Å². The van der Waals surface area contributed by atoms with Gasteiger partial charge in [0.2, 0.25) is 11.8 Å². The van der Waals surface area contributed by atoms with E-state index in [4.69, 9.17) is 11.6 Å². The molecule has 0 bridgehead atoms. The highest BCUT2D eigenvalue weighted by Gasteiger charge is 2.30. The van der Waals surface area contributed by atoms with E-state index in [9.17, 15) is 22.8 Å². The number of rotatable bonds is 4. The van der Waals surface area contributed by atoms with Crippen LogP contribution in [-0.4, -0.2) is 11.8 Å². The van der Waals surface area contributed by atoms with E-state index in [1.54, 1.807) is 0 Å². The molecule has 4 nitrogen and oxygen atoms in total. The van der Waals surface area contributed by atoms with Crippen molar-refractivity contribution in [1.29, 1.82) is 0 Å². The van der Waals surface area contributed by atoms with Gasteiger partial charge in [-0.05, 0) is 29.8 Å². The average Bonchev–Trinajstić information content (AvgIpc) is 2.49. The summed E-state index contributed by atoms with van der Waals surface area (Å²) in [7, 11) is 0. The number of hydrogen-bond donors (Lipinski definition) is 2. The van der Waals surface area contributed by atoms with E-state index in [1.807, 2.05) is 0 Å². The van der Waals surface area contributed by atoms with E-state index in [0.29, 0.717) is 10.7 Å². The van der Waals surface area contributed by atoms with Crippen molar-refractivity contribution in [3.05, 3.63) is 58.6 Å². The van der Waals surface area contributed by atoms with Crippen LogP contribution in [0.5, 0.6) is 0 Å². The van der Waals surface area contributed by atoms with Gasteiger partial charge in [0.1, 0.15) is 0 Å². The number of hydrogen-bond acceptors (Lipinski definition) is 2. The highest BCUT2D eigenvalue weighted by atomic mass is 35.5. The second-order valence-corrected chi connectivity index (χ2v) is 5.73. The first-order chi connectivity index (χ1) is 11.6. The second-order valence-electron chi connectivity index (χ2n) is 5.29. The van der Waals surface area contributed by atoms with E-state index in [2.05, 4.69) is 10.6 Å². The molecule has 2 rings (SSSR count). The summed E-state index contributed by atoms with van der Waals surface area (Å²) in [5, 5.41) is 5.42. The van der Waals surface area contributed by atoms with Crippen LogP contribution in [0.15, 0.2) is 42.5 Å². The number of benzene rings is 2. The number of carbonyl (C=O) groups is 2. The molecule has 25 heavy (non-hydrogen) atoms. The highest BCUT2D eigenvalue weighted by Crippen LogP contribution is 2.30. The van der Waals surface area contributed by atoms with Gasteiger partial charge in [0.15, 0.2) is 0 Å². The largest absolute Gasteiger partial charge is 0.416 e. The Morgan fingerprint density at radius 2 is 1.76 bits per heavy atom. The van der Waals surface area contributed by atoms with Gasteiger partial charge in [0, 0.05) is 11.9 Å². The summed E-state index contributed by atoms with van der Waals surface area (Å²) in [4.78, 5) is 23.3. The van der Waals surface area contributed by atoms with Crippen LogP contribution in [0.2, 0.25) is 5.02 Å². The van der Waals surface area contributed by atoms with E-state index >= 15 is 0 Å². The minimum absolute atomic E-state index is 0.218. The fraction of sp³-hybridized carbons (Fsp3) is 0.176. The number of carbonyl (C=O) groups excluding carboxylic acids is 2. The SMILES string of the molecule is CC(=O)Nc1ccc(Cl)cc1NC(=O)Cc1cccc(C(F)(F)F)c1. The molecular formula is C17H14ClF3N2O2. The number of nitrogens with one attached hydrogen (secondary N) is 2. The van der Waals surface area contributed by atoms with Crippen molar-refractivity contribution in [3.8, 4) is 0 Å². The maximum absolute atomic E-state index is 12.7. The molecular weight excluding hydrogens is 357 g/mol. The minimum Gasteiger partial charge on any atom is -0.325 e. The predicted octanol–water partition coefficient (Wildman–Crippen LogP) is 4.50. The second kappa shape index (κ2) is 7.57. The fourth-order valence-electron chi connectivity index (χ4n) is 2.16. The summed E-state index contributed by atoms with van der Waals surface area (Å²) in [6, 6.07) is 9.03. The van der Waals surface area contributed by atoms with Gasteiger partial charge >= 0.3 is 6.18 Å². The molecule has 2 aromatic carbocycles. The van der Waals surface area contributed by atoms with Crippen LogP contribution in [0.1, 0.15) is 18.1 Å². The number of amides is 2. The molecule has 0 atom stereocenters. The molecule has 0 heterocycles. The maximum atomic E-state index is 12.7. The monoisotopic (exact) mass is 370 g/mol. The summed E-state index contributed by atoms with van der Waals surface area (Å²) in [6.45, 7) is 1.31. The first-order valence-corrected chi connectivity index (χ1v) is 7.56. The lowest BCUT2D eigenvalue weighted by atomic mass is 10.1. The van der Waals surface area contributed by atoms with E-state index in [0.717, 1.165) is 12.1 Å². The van der Waals surface area contributed by atoms with Crippen LogP contribution in [0.25, 0.3) is 0 Å². The zero-order chi connectivity index (χ0) is 18.6. The zero-order valence-corrected chi connectivity index (χ0v) is 13.8. The summed E-state index contributed by atoms with van der Waals surface area (Å²) in [5.41, 5.74) is 0.00360. The van der Waals surface area contributed by atoms with Gasteiger partial charge in [-0.2, -0.15) is 13.2 Å². The third-order valence-corrected chi connectivity index (χ3v) is 3.42. The van der Waals surface area contributed by atoms with Crippen molar-refractivity contribution < 1.29 is 22.8 Å². The number of halogens is 4. The van der Waals surface area contributed by atoms with Crippen LogP contribution in [0, 0.1) is 0 Å². The Morgan fingerprint density at radius 3 is 2.40 bits per heavy atom. The molecule has 2 aromatic rings. The Kier molecular flexibility index (Phi) is 5.69. The molecule has 0 saturated heterocycles. The Labute approximate surface area is 147 Å². The molecule has 0 aliphatic carbocycles. The topological polar surface area (TPSA) is 58.2 Å². The lowest BCUT2D eigenvalue weighted by Crippen LogP contribution is -2.17. The molecule has 0 fully saturated rings. The maximum Gasteiger partial charge on any atom is 0.416 e. The van der Waals surface area contributed by atoms with Crippen LogP contribution in [-0.2, 0) is 22.2 Å². The normalized spacial score (nSPS) is 11.1. The molecule has 2 amide bonds. The van der Waals surface area contributed by atoms with Gasteiger partial charge in [-0.3, -0.25) is 9.59 Å². The molecule has 132 valence electrons. The Balaban J connectivity index is 2.16. The summed E-state index contributed by atoms with van der Waals surface area (Å²) in [6.07, 6.45) is -4.73. The lowest BCUT2D eigenvalue weighted by Gasteiger charge is -2.13. The van der Waals surface area contributed by atoms with Crippen LogP contribution < -0.4 is 10.6 Å². The standard InChI is InChI=1S/C17H14ClF3N2O2/c1-10(24)22-14-6-5-13(18)9-15(14)23-16(25)8-11-3-2-4-12(7-11)17(19,20)21/h2-7,9H,8H2,1H3,(H,22,24)(H,23,25). The van der Waals surface area contributed by atoms with Crippen molar-refractivity contribution in [3.63, 3.8) is 0 Å². The van der Waals surface area contributed by atoms with Crippen LogP contribution >= 0.6 is 11.6 Å². The first-order valence-electron chi connectivity index (χ1n) is 7.18. The third kappa shape index (κ3) is 5.49. The molecule has 0 unspecified atom stereocenters. The zero-order valence-electron chi connectivity index (χ0n) is 13.1. The van der Waals surface area contributed by atoms with E-state index in [1.165, 1.54) is 37.3 Å². The van der Waals surface area contributed by atoms with Gasteiger partial charge in [0.05, 0.1) is 23.4 Å². The third-order valence-electron chi connectivity index (χ3n) is 3.19. The average molecular weight is 371 g/mol. The van der Waals surface area contributed by atoms with Crippen molar-refractivity contribution in [1.82, 2.24) is 0 Å². The van der Waals surface area contributed by atoms with Crippen molar-refractivity contribution >= 4 is 34.8 Å². The quantitative estimate of drug-likeness (QED) is 0.832. The highest BCUT2D eigenvalue weighted by molar-refractivity contribution is 6.31. The Morgan fingerprint density at radius 1 is 1.04 bits per heavy atom. The Hall–Kier alpha value is -2.54. The molecule has 0 spiro atoms. The summed E-state index contributed by atoms with van der Waals surface area (Å²) >= 11 is 5.88. The molecule has 2 N–H and O–H groups in total. The summed E-state index contributed by atoms with van der Waals surface area (Å²) in [5.74, 6) is -0.871. The van der Waals surface area contributed by atoms with Crippen LogP contribution in [0.3, 0.4) is 0 Å². The van der Waals surface area contributed by atoms with E-state index < -0.39 is 17.6 Å². The van der Waals surface area contributed by atoms with Gasteiger partial charge in [-0.1, -0.05) is 29.8 Å². The van der Waals surface area contributed by atoms with Gasteiger partial charge in [-0.25, -0.2) is 0 Å².